The third-order valence-electron chi connectivity index (χ3n) is 4.42. The number of sulfone groups is 1. The van der Waals surface area contributed by atoms with Gasteiger partial charge in [0.05, 0.1) is 18.1 Å². The average Bonchev–Trinajstić information content (AvgIpc) is 3.18. The molecular formula is C17H22BrN3O3S. The average molecular weight is 428 g/mol. The molecule has 0 N–H and O–H groups in total. The summed E-state index contributed by atoms with van der Waals surface area (Å²) < 4.78 is 30.4. The van der Waals surface area contributed by atoms with Crippen molar-refractivity contribution >= 4 is 25.8 Å². The number of hydrogen-bond donors (Lipinski definition) is 0. The molecule has 6 nitrogen and oxygen atoms in total. The predicted octanol–water partition coefficient (Wildman–Crippen LogP) is 3.29. The Bertz CT molecular complexity index is 805. The van der Waals surface area contributed by atoms with Gasteiger partial charge in [-0.1, -0.05) is 29.3 Å². The number of nitrogens with zero attached hydrogens (tertiary/aromatic N) is 3. The van der Waals surface area contributed by atoms with Gasteiger partial charge >= 0.3 is 0 Å². The van der Waals surface area contributed by atoms with Gasteiger partial charge in [0.25, 0.3) is 0 Å². The summed E-state index contributed by atoms with van der Waals surface area (Å²) in [5.41, 5.74) is 0.866. The molecule has 0 aliphatic carbocycles. The lowest BCUT2D eigenvalue weighted by molar-refractivity contribution is 0.182. The van der Waals surface area contributed by atoms with E-state index in [1.807, 2.05) is 24.3 Å². The number of benzene rings is 1. The molecule has 2 aromatic rings. The van der Waals surface area contributed by atoms with Crippen molar-refractivity contribution < 1.29 is 12.8 Å². The zero-order valence-electron chi connectivity index (χ0n) is 14.2. The maximum absolute atomic E-state index is 11.8. The van der Waals surface area contributed by atoms with Crippen LogP contribution in [-0.2, 0) is 16.4 Å². The van der Waals surface area contributed by atoms with Crippen molar-refractivity contribution in [1.82, 2.24) is 15.1 Å². The second-order valence-corrected chi connectivity index (χ2v) is 9.53. The minimum Gasteiger partial charge on any atom is -0.419 e. The molecule has 1 unspecified atom stereocenters. The Morgan fingerprint density at radius 1 is 1.28 bits per heavy atom. The predicted molar refractivity (Wildman–Crippen MR) is 99.8 cm³/mol. The Balaban J connectivity index is 1.72. The second-order valence-electron chi connectivity index (χ2n) is 6.39. The van der Waals surface area contributed by atoms with Gasteiger partial charge in [0.15, 0.2) is 9.84 Å². The van der Waals surface area contributed by atoms with Crippen molar-refractivity contribution in [2.24, 2.45) is 0 Å². The minimum atomic E-state index is -2.91. The van der Waals surface area contributed by atoms with Crippen LogP contribution in [0.4, 0.5) is 0 Å². The van der Waals surface area contributed by atoms with Gasteiger partial charge in [-0.3, -0.25) is 4.90 Å². The van der Waals surface area contributed by atoms with E-state index in [-0.39, 0.29) is 17.5 Å². The highest BCUT2D eigenvalue weighted by Crippen LogP contribution is 2.23. The van der Waals surface area contributed by atoms with Crippen LogP contribution in [0.15, 0.2) is 33.2 Å². The van der Waals surface area contributed by atoms with Crippen LogP contribution in [-0.4, -0.2) is 47.6 Å². The van der Waals surface area contributed by atoms with Gasteiger partial charge in [-0.2, -0.15) is 0 Å². The molecule has 0 amide bonds. The van der Waals surface area contributed by atoms with Gasteiger partial charge in [0.2, 0.25) is 11.8 Å². The Labute approximate surface area is 156 Å². The van der Waals surface area contributed by atoms with E-state index in [9.17, 15) is 8.42 Å². The van der Waals surface area contributed by atoms with E-state index in [0.717, 1.165) is 29.4 Å². The van der Waals surface area contributed by atoms with E-state index in [2.05, 4.69) is 38.0 Å². The van der Waals surface area contributed by atoms with Crippen molar-refractivity contribution in [1.29, 1.82) is 0 Å². The molecule has 8 heteroatoms. The molecule has 25 heavy (non-hydrogen) atoms. The summed E-state index contributed by atoms with van der Waals surface area (Å²) in [7, 11) is -2.91. The number of unbranched alkanes of at least 4 members (excludes halogenated alkanes) is 1. The quantitative estimate of drug-likeness (QED) is 0.674. The number of rotatable bonds is 7. The Morgan fingerprint density at radius 2 is 2.04 bits per heavy atom. The van der Waals surface area contributed by atoms with Crippen LogP contribution in [0.1, 0.15) is 32.1 Å². The van der Waals surface area contributed by atoms with Gasteiger partial charge in [-0.15, -0.1) is 10.2 Å². The van der Waals surface area contributed by atoms with Gasteiger partial charge in [0.1, 0.15) is 0 Å². The first-order valence-corrected chi connectivity index (χ1v) is 11.1. The van der Waals surface area contributed by atoms with Crippen LogP contribution in [0.25, 0.3) is 11.5 Å². The van der Waals surface area contributed by atoms with Crippen molar-refractivity contribution in [3.8, 4) is 11.5 Å². The summed E-state index contributed by atoms with van der Waals surface area (Å²) >= 11 is 3.40. The van der Waals surface area contributed by atoms with Crippen molar-refractivity contribution in [3.05, 3.63) is 34.6 Å². The zero-order chi connectivity index (χ0) is 17.9. The lowest BCUT2D eigenvalue weighted by Gasteiger charge is -2.26. The molecule has 1 aliphatic heterocycles. The van der Waals surface area contributed by atoms with E-state index in [0.29, 0.717) is 24.7 Å². The van der Waals surface area contributed by atoms with E-state index >= 15 is 0 Å². The molecule has 3 rings (SSSR count). The lowest BCUT2D eigenvalue weighted by Crippen LogP contribution is -2.36. The van der Waals surface area contributed by atoms with Gasteiger partial charge in [0, 0.05) is 16.1 Å². The summed E-state index contributed by atoms with van der Waals surface area (Å²) in [5.74, 6) is 1.51. The second kappa shape index (κ2) is 7.97. The highest BCUT2D eigenvalue weighted by Gasteiger charge is 2.32. The van der Waals surface area contributed by atoms with E-state index in [1.165, 1.54) is 0 Å². The summed E-state index contributed by atoms with van der Waals surface area (Å²) in [5, 5.41) is 8.28. The third-order valence-corrected chi connectivity index (χ3v) is 6.70. The standard InChI is InChI=1S/C17H22BrN3O3S/c1-2-3-9-21(15-8-10-25(22,23)12-15)11-16-19-20-17(24-16)13-4-6-14(18)7-5-13/h4-7,15H,2-3,8-12H2,1H3. The number of halogens is 1. The molecule has 1 atom stereocenters. The fourth-order valence-corrected chi connectivity index (χ4v) is 5.04. The lowest BCUT2D eigenvalue weighted by atomic mass is 10.2. The summed E-state index contributed by atoms with van der Waals surface area (Å²) in [6, 6.07) is 7.73. The largest absolute Gasteiger partial charge is 0.419 e. The third kappa shape index (κ3) is 4.89. The summed E-state index contributed by atoms with van der Waals surface area (Å²) in [6.45, 7) is 3.46. The maximum atomic E-state index is 11.8. The van der Waals surface area contributed by atoms with Gasteiger partial charge in [-0.05, 0) is 43.7 Å². The number of aromatic nitrogens is 2. The fraction of sp³-hybridized carbons (Fsp3) is 0.529. The molecule has 0 saturated carbocycles. The van der Waals surface area contributed by atoms with Gasteiger partial charge in [-0.25, -0.2) is 8.42 Å². The Kier molecular flexibility index (Phi) is 5.91. The Hall–Kier alpha value is -1.25. The molecule has 1 saturated heterocycles. The molecule has 0 spiro atoms. The SMILES string of the molecule is CCCCN(Cc1nnc(-c2ccc(Br)cc2)o1)C1CCS(=O)(=O)C1. The van der Waals surface area contributed by atoms with Crippen LogP contribution in [0.3, 0.4) is 0 Å². The maximum Gasteiger partial charge on any atom is 0.247 e. The highest BCUT2D eigenvalue weighted by atomic mass is 79.9. The Morgan fingerprint density at radius 3 is 2.68 bits per heavy atom. The van der Waals surface area contributed by atoms with E-state index in [4.69, 9.17) is 4.42 Å². The first-order chi connectivity index (χ1) is 12.0. The monoisotopic (exact) mass is 427 g/mol. The molecule has 0 bridgehead atoms. The molecule has 0 radical (unpaired) electrons. The summed E-state index contributed by atoms with van der Waals surface area (Å²) in [4.78, 5) is 2.17. The number of hydrogen-bond acceptors (Lipinski definition) is 6. The van der Waals surface area contributed by atoms with Crippen LogP contribution in [0.5, 0.6) is 0 Å². The van der Waals surface area contributed by atoms with Crippen molar-refractivity contribution in [3.63, 3.8) is 0 Å². The first kappa shape index (κ1) is 18.5. The van der Waals surface area contributed by atoms with Gasteiger partial charge < -0.3 is 4.42 Å². The van der Waals surface area contributed by atoms with Crippen LogP contribution >= 0.6 is 15.9 Å². The molecule has 1 aromatic carbocycles. The molecule has 136 valence electrons. The molecule has 1 aliphatic rings. The van der Waals surface area contributed by atoms with Crippen molar-refractivity contribution in [2.45, 2.75) is 38.8 Å². The van der Waals surface area contributed by atoms with Crippen LogP contribution < -0.4 is 0 Å². The summed E-state index contributed by atoms with van der Waals surface area (Å²) in [6.07, 6.45) is 2.76. The molecular weight excluding hydrogens is 406 g/mol. The normalized spacial score (nSPS) is 19.6. The van der Waals surface area contributed by atoms with E-state index in [1.54, 1.807) is 0 Å². The van der Waals surface area contributed by atoms with E-state index < -0.39 is 9.84 Å². The topological polar surface area (TPSA) is 76.3 Å². The highest BCUT2D eigenvalue weighted by molar-refractivity contribution is 9.10. The fourth-order valence-electron chi connectivity index (χ4n) is 3.02. The van der Waals surface area contributed by atoms with Crippen LogP contribution in [0.2, 0.25) is 0 Å². The molecule has 1 fully saturated rings. The molecule has 1 aromatic heterocycles. The van der Waals surface area contributed by atoms with Crippen molar-refractivity contribution in [2.75, 3.05) is 18.1 Å². The molecule has 2 heterocycles. The minimum absolute atomic E-state index is 0.0413. The first-order valence-electron chi connectivity index (χ1n) is 8.49. The smallest absolute Gasteiger partial charge is 0.247 e. The van der Waals surface area contributed by atoms with Crippen LogP contribution in [0, 0.1) is 0 Å². The zero-order valence-corrected chi connectivity index (χ0v) is 16.6.